The van der Waals surface area contributed by atoms with E-state index in [0.717, 1.165) is 5.56 Å². The van der Waals surface area contributed by atoms with Gasteiger partial charge in [-0.25, -0.2) is 4.79 Å². The number of primary amides is 1. The Hall–Kier alpha value is -3.28. The number of ether oxygens (including phenoxy) is 1. The number of nitrogens with two attached hydrogens (primary N) is 1. The van der Waals surface area contributed by atoms with Crippen LogP contribution in [0.1, 0.15) is 16.1 Å². The number of amides is 1. The highest BCUT2D eigenvalue weighted by atomic mass is 16.5. The van der Waals surface area contributed by atoms with Gasteiger partial charge in [0.1, 0.15) is 24.6 Å². The highest BCUT2D eigenvalue weighted by Crippen LogP contribution is 2.25. The molecule has 0 bridgehead atoms. The van der Waals surface area contributed by atoms with E-state index in [0.29, 0.717) is 23.3 Å². The molecule has 0 saturated carbocycles. The number of carboxylic acids is 1. The van der Waals surface area contributed by atoms with Gasteiger partial charge in [-0.15, -0.1) is 0 Å². The first-order chi connectivity index (χ1) is 11.5. The molecule has 1 aromatic heterocycles. The third-order valence-corrected chi connectivity index (χ3v) is 3.65. The van der Waals surface area contributed by atoms with Gasteiger partial charge in [-0.05, 0) is 29.8 Å². The van der Waals surface area contributed by atoms with E-state index >= 15 is 0 Å². The highest BCUT2D eigenvalue weighted by molar-refractivity contribution is 5.96. The molecular formula is C18H16N2O4. The van der Waals surface area contributed by atoms with E-state index < -0.39 is 11.9 Å². The van der Waals surface area contributed by atoms with Gasteiger partial charge in [0, 0.05) is 10.9 Å². The Bertz CT molecular complexity index is 900. The van der Waals surface area contributed by atoms with Crippen molar-refractivity contribution in [1.82, 2.24) is 4.57 Å². The van der Waals surface area contributed by atoms with Crippen LogP contribution in [-0.2, 0) is 17.9 Å². The second-order valence-corrected chi connectivity index (χ2v) is 5.38. The van der Waals surface area contributed by atoms with Crippen molar-refractivity contribution in [3.63, 3.8) is 0 Å². The topological polar surface area (TPSA) is 94.6 Å². The molecule has 0 aliphatic heterocycles. The Morgan fingerprint density at radius 1 is 1.08 bits per heavy atom. The Kier molecular flexibility index (Phi) is 4.20. The fourth-order valence-electron chi connectivity index (χ4n) is 2.58. The molecule has 3 aromatic rings. The van der Waals surface area contributed by atoms with Crippen molar-refractivity contribution in [2.75, 3.05) is 0 Å². The maximum atomic E-state index is 11.4. The van der Waals surface area contributed by atoms with Crippen molar-refractivity contribution in [3.05, 3.63) is 65.9 Å². The molecule has 0 spiro atoms. The monoisotopic (exact) mass is 324 g/mol. The van der Waals surface area contributed by atoms with E-state index in [9.17, 15) is 14.7 Å². The van der Waals surface area contributed by atoms with Crippen LogP contribution >= 0.6 is 0 Å². The Morgan fingerprint density at radius 3 is 2.50 bits per heavy atom. The average Bonchev–Trinajstić information content (AvgIpc) is 2.91. The molecule has 0 aliphatic carbocycles. The van der Waals surface area contributed by atoms with Gasteiger partial charge in [0.05, 0.1) is 0 Å². The predicted octanol–water partition coefficient (Wildman–Crippen LogP) is 2.40. The summed E-state index contributed by atoms with van der Waals surface area (Å²) in [4.78, 5) is 22.6. The van der Waals surface area contributed by atoms with Gasteiger partial charge in [-0.3, -0.25) is 4.79 Å². The van der Waals surface area contributed by atoms with Crippen LogP contribution in [0.25, 0.3) is 10.9 Å². The summed E-state index contributed by atoms with van der Waals surface area (Å²) in [5.74, 6) is -1.09. The maximum absolute atomic E-state index is 11.4. The van der Waals surface area contributed by atoms with E-state index in [-0.39, 0.29) is 12.2 Å². The number of carbonyl (C=O) groups is 2. The molecule has 2 aromatic carbocycles. The molecule has 3 rings (SSSR count). The minimum absolute atomic E-state index is 0.0176. The lowest BCUT2D eigenvalue weighted by Crippen LogP contribution is -2.21. The molecule has 3 N–H and O–H groups in total. The molecule has 0 radical (unpaired) electrons. The fraction of sp³-hybridized carbons (Fsp3) is 0.111. The van der Waals surface area contributed by atoms with Gasteiger partial charge in [-0.1, -0.05) is 30.3 Å². The van der Waals surface area contributed by atoms with Crippen LogP contribution in [0.4, 0.5) is 0 Å². The van der Waals surface area contributed by atoms with Gasteiger partial charge in [0.2, 0.25) is 5.91 Å². The summed E-state index contributed by atoms with van der Waals surface area (Å²) in [6.45, 7) is 0.232. The summed E-state index contributed by atoms with van der Waals surface area (Å²) in [6.07, 6.45) is 0. The first kappa shape index (κ1) is 15.6. The van der Waals surface area contributed by atoms with E-state index in [4.69, 9.17) is 10.5 Å². The van der Waals surface area contributed by atoms with E-state index in [1.807, 2.05) is 30.3 Å². The summed E-state index contributed by atoms with van der Waals surface area (Å²) >= 11 is 0. The third-order valence-electron chi connectivity index (χ3n) is 3.65. The van der Waals surface area contributed by atoms with Crippen LogP contribution in [0.5, 0.6) is 5.75 Å². The molecule has 1 heterocycles. The lowest BCUT2D eigenvalue weighted by Gasteiger charge is -2.08. The summed E-state index contributed by atoms with van der Waals surface area (Å²) in [6, 6.07) is 16.5. The number of aromatic carboxylic acids is 1. The molecule has 6 heteroatoms. The Morgan fingerprint density at radius 2 is 1.83 bits per heavy atom. The second-order valence-electron chi connectivity index (χ2n) is 5.38. The SMILES string of the molecule is NC(=O)Cn1c(C(=O)O)cc2cc(OCc3ccccc3)ccc21. The first-order valence-corrected chi connectivity index (χ1v) is 7.36. The van der Waals surface area contributed by atoms with Crippen molar-refractivity contribution in [3.8, 4) is 5.75 Å². The number of hydrogen-bond acceptors (Lipinski definition) is 3. The Balaban J connectivity index is 1.90. The number of benzene rings is 2. The first-order valence-electron chi connectivity index (χ1n) is 7.36. The predicted molar refractivity (Wildman–Crippen MR) is 88.9 cm³/mol. The number of nitrogens with zero attached hydrogens (tertiary/aromatic N) is 1. The maximum Gasteiger partial charge on any atom is 0.352 e. The zero-order chi connectivity index (χ0) is 17.1. The van der Waals surface area contributed by atoms with Crippen LogP contribution in [0, 0.1) is 0 Å². The van der Waals surface area contributed by atoms with Crippen molar-refractivity contribution in [2.24, 2.45) is 5.73 Å². The number of fused-ring (bicyclic) bond motifs is 1. The van der Waals surface area contributed by atoms with Crippen LogP contribution < -0.4 is 10.5 Å². The van der Waals surface area contributed by atoms with Gasteiger partial charge in [-0.2, -0.15) is 0 Å². The smallest absolute Gasteiger partial charge is 0.352 e. The van der Waals surface area contributed by atoms with Gasteiger partial charge in [0.15, 0.2) is 0 Å². The number of carbonyl (C=O) groups excluding carboxylic acids is 1. The zero-order valence-corrected chi connectivity index (χ0v) is 12.8. The number of carboxylic acid groups (broad SMARTS) is 1. The lowest BCUT2D eigenvalue weighted by molar-refractivity contribution is -0.118. The van der Waals surface area contributed by atoms with Gasteiger partial charge >= 0.3 is 5.97 Å². The van der Waals surface area contributed by atoms with Gasteiger partial charge < -0.3 is 20.1 Å². The third kappa shape index (κ3) is 3.22. The van der Waals surface area contributed by atoms with Crippen molar-refractivity contribution >= 4 is 22.8 Å². The molecule has 0 fully saturated rings. The quantitative estimate of drug-likeness (QED) is 0.728. The minimum Gasteiger partial charge on any atom is -0.489 e. The van der Waals surface area contributed by atoms with Crippen molar-refractivity contribution in [1.29, 1.82) is 0 Å². The largest absolute Gasteiger partial charge is 0.489 e. The zero-order valence-electron chi connectivity index (χ0n) is 12.8. The van der Waals surface area contributed by atoms with Crippen LogP contribution in [0.15, 0.2) is 54.6 Å². The normalized spacial score (nSPS) is 10.7. The van der Waals surface area contributed by atoms with Crippen LogP contribution in [-0.4, -0.2) is 21.6 Å². The minimum atomic E-state index is -1.11. The van der Waals surface area contributed by atoms with Crippen molar-refractivity contribution < 1.29 is 19.4 Å². The standard InChI is InChI=1S/C18H16N2O4/c19-17(21)10-20-15-7-6-14(8-13(15)9-16(20)18(22)23)24-11-12-4-2-1-3-5-12/h1-9H,10-11H2,(H2,19,21)(H,22,23). The summed E-state index contributed by atoms with van der Waals surface area (Å²) in [5, 5.41) is 9.98. The van der Waals surface area contributed by atoms with Crippen LogP contribution in [0.3, 0.4) is 0 Å². The van der Waals surface area contributed by atoms with Crippen LogP contribution in [0.2, 0.25) is 0 Å². The van der Waals surface area contributed by atoms with E-state index in [2.05, 4.69) is 0 Å². The second kappa shape index (κ2) is 6.45. The molecule has 0 aliphatic rings. The molecular weight excluding hydrogens is 308 g/mol. The molecule has 122 valence electrons. The molecule has 1 amide bonds. The molecule has 6 nitrogen and oxygen atoms in total. The number of aromatic nitrogens is 1. The fourth-order valence-corrected chi connectivity index (χ4v) is 2.58. The Labute approximate surface area is 138 Å². The van der Waals surface area contributed by atoms with E-state index in [1.54, 1.807) is 18.2 Å². The lowest BCUT2D eigenvalue weighted by atomic mass is 10.2. The molecule has 0 atom stereocenters. The summed E-state index contributed by atoms with van der Waals surface area (Å²) < 4.78 is 7.13. The van der Waals surface area contributed by atoms with E-state index in [1.165, 1.54) is 10.6 Å². The summed E-state index contributed by atoms with van der Waals surface area (Å²) in [5.41, 5.74) is 6.89. The number of rotatable bonds is 6. The highest BCUT2D eigenvalue weighted by Gasteiger charge is 2.16. The average molecular weight is 324 g/mol. The van der Waals surface area contributed by atoms with Crippen molar-refractivity contribution in [2.45, 2.75) is 13.2 Å². The molecule has 0 unspecified atom stereocenters. The summed E-state index contributed by atoms with van der Waals surface area (Å²) in [7, 11) is 0. The van der Waals surface area contributed by atoms with Gasteiger partial charge in [0.25, 0.3) is 0 Å². The molecule has 24 heavy (non-hydrogen) atoms. The molecule has 0 saturated heterocycles. The number of hydrogen-bond donors (Lipinski definition) is 2.